The lowest BCUT2D eigenvalue weighted by atomic mass is 9.70. The van der Waals surface area contributed by atoms with Crippen LogP contribution in [0.1, 0.15) is 42.1 Å². The standard InChI is InChI=1S/C24H27N3O3/c1-15-19(26-24(13-8-14-24)16-9-5-4-6-10-16)20(21(15)28)25-18-12-7-11-17(22(18)29)23(30)27(2)3/h4-7,9-12,15,25-26,29H,8,13-14H2,1-3H3. The van der Waals surface area contributed by atoms with Crippen molar-refractivity contribution >= 4 is 17.4 Å². The zero-order chi connectivity index (χ0) is 21.5. The summed E-state index contributed by atoms with van der Waals surface area (Å²) < 4.78 is 0. The Hall–Kier alpha value is -3.28. The molecule has 0 saturated heterocycles. The van der Waals surface area contributed by atoms with Crippen molar-refractivity contribution in [1.82, 2.24) is 10.2 Å². The summed E-state index contributed by atoms with van der Waals surface area (Å²) in [5.41, 5.74) is 2.90. The lowest BCUT2D eigenvalue weighted by molar-refractivity contribution is -0.120. The Labute approximate surface area is 176 Å². The van der Waals surface area contributed by atoms with Gasteiger partial charge in [-0.3, -0.25) is 9.59 Å². The number of Topliss-reactive ketones (excluding diaryl/α,β-unsaturated/α-hetero) is 1. The lowest BCUT2D eigenvalue weighted by Crippen LogP contribution is -2.53. The second-order valence-corrected chi connectivity index (χ2v) is 8.33. The number of rotatable bonds is 6. The molecule has 0 aliphatic heterocycles. The van der Waals surface area contributed by atoms with Gasteiger partial charge in [-0.25, -0.2) is 0 Å². The Balaban J connectivity index is 1.65. The van der Waals surface area contributed by atoms with Gasteiger partial charge in [0.05, 0.1) is 22.7 Å². The first kappa shape index (κ1) is 20.0. The van der Waals surface area contributed by atoms with E-state index >= 15 is 0 Å². The minimum Gasteiger partial charge on any atom is -0.505 e. The van der Waals surface area contributed by atoms with Crippen molar-refractivity contribution in [3.8, 4) is 5.75 Å². The summed E-state index contributed by atoms with van der Waals surface area (Å²) in [7, 11) is 3.26. The predicted molar refractivity (Wildman–Crippen MR) is 116 cm³/mol. The number of anilines is 1. The van der Waals surface area contributed by atoms with Crippen LogP contribution in [0.3, 0.4) is 0 Å². The second-order valence-electron chi connectivity index (χ2n) is 8.33. The summed E-state index contributed by atoms with van der Waals surface area (Å²) in [4.78, 5) is 26.3. The van der Waals surface area contributed by atoms with Crippen LogP contribution in [0.4, 0.5) is 5.69 Å². The minimum atomic E-state index is -0.297. The van der Waals surface area contributed by atoms with E-state index in [0.29, 0.717) is 11.4 Å². The Morgan fingerprint density at radius 2 is 1.80 bits per heavy atom. The molecular formula is C24H27N3O3. The third-order valence-corrected chi connectivity index (χ3v) is 6.18. The zero-order valence-electron chi connectivity index (χ0n) is 17.5. The average Bonchev–Trinajstić information content (AvgIpc) is 2.73. The molecule has 156 valence electrons. The molecule has 2 aromatic rings. The van der Waals surface area contributed by atoms with E-state index < -0.39 is 0 Å². The highest BCUT2D eigenvalue weighted by Crippen LogP contribution is 2.45. The number of carbonyl (C=O) groups excluding carboxylic acids is 2. The molecule has 1 unspecified atom stereocenters. The van der Waals surface area contributed by atoms with Crippen molar-refractivity contribution in [3.63, 3.8) is 0 Å². The van der Waals surface area contributed by atoms with Gasteiger partial charge in [-0.05, 0) is 43.9 Å². The van der Waals surface area contributed by atoms with E-state index in [4.69, 9.17) is 0 Å². The summed E-state index contributed by atoms with van der Waals surface area (Å²) in [5.74, 6) is -0.697. The zero-order valence-corrected chi connectivity index (χ0v) is 17.5. The third kappa shape index (κ3) is 3.22. The summed E-state index contributed by atoms with van der Waals surface area (Å²) >= 11 is 0. The number of phenolic OH excluding ortho intramolecular Hbond substituents is 1. The van der Waals surface area contributed by atoms with Gasteiger partial charge in [-0.1, -0.05) is 36.4 Å². The van der Waals surface area contributed by atoms with Crippen LogP contribution in [-0.2, 0) is 10.3 Å². The van der Waals surface area contributed by atoms with E-state index in [1.807, 2.05) is 25.1 Å². The van der Waals surface area contributed by atoms with Crippen molar-refractivity contribution in [2.75, 3.05) is 19.4 Å². The molecule has 0 bridgehead atoms. The fraction of sp³-hybridized carbons (Fsp3) is 0.333. The SMILES string of the molecule is CC1C(=O)C(Nc2cccc(C(=O)N(C)C)c2O)=C1NC1(c2ccccc2)CCC1. The molecule has 1 saturated carbocycles. The van der Waals surface area contributed by atoms with Gasteiger partial charge < -0.3 is 20.6 Å². The molecule has 6 nitrogen and oxygen atoms in total. The number of hydrogen-bond acceptors (Lipinski definition) is 5. The topological polar surface area (TPSA) is 81.7 Å². The van der Waals surface area contributed by atoms with Crippen molar-refractivity contribution in [2.24, 2.45) is 5.92 Å². The molecule has 1 atom stereocenters. The van der Waals surface area contributed by atoms with E-state index in [0.717, 1.165) is 25.0 Å². The number of phenols is 1. The van der Waals surface area contributed by atoms with Crippen LogP contribution in [0.15, 0.2) is 59.9 Å². The highest BCUT2D eigenvalue weighted by Gasteiger charge is 2.45. The maximum Gasteiger partial charge on any atom is 0.257 e. The number of allylic oxidation sites excluding steroid dienone is 2. The maximum atomic E-state index is 12.6. The summed E-state index contributed by atoms with van der Waals surface area (Å²) in [6.07, 6.45) is 3.15. The minimum absolute atomic E-state index is 0.0104. The molecule has 1 amide bonds. The number of aromatic hydroxyl groups is 1. The normalized spacial score (nSPS) is 19.6. The average molecular weight is 405 g/mol. The number of amides is 1. The molecule has 2 aromatic carbocycles. The van der Waals surface area contributed by atoms with Crippen LogP contribution in [0.5, 0.6) is 5.75 Å². The van der Waals surface area contributed by atoms with E-state index in [-0.39, 0.29) is 34.5 Å². The quantitative estimate of drug-likeness (QED) is 0.640. The molecule has 0 aromatic heterocycles. The van der Waals surface area contributed by atoms with Crippen LogP contribution >= 0.6 is 0 Å². The van der Waals surface area contributed by atoms with E-state index in [9.17, 15) is 14.7 Å². The molecule has 6 heteroatoms. The first-order chi connectivity index (χ1) is 14.3. The number of nitrogens with one attached hydrogen (secondary N) is 2. The number of ketones is 1. The molecule has 0 radical (unpaired) electrons. The largest absolute Gasteiger partial charge is 0.505 e. The molecule has 30 heavy (non-hydrogen) atoms. The van der Waals surface area contributed by atoms with Crippen LogP contribution in [0.2, 0.25) is 0 Å². The third-order valence-electron chi connectivity index (χ3n) is 6.18. The highest BCUT2D eigenvalue weighted by atomic mass is 16.3. The summed E-state index contributed by atoms with van der Waals surface area (Å²) in [6.45, 7) is 1.89. The number of nitrogens with zero attached hydrogens (tertiary/aromatic N) is 1. The van der Waals surface area contributed by atoms with Crippen molar-refractivity contribution in [2.45, 2.75) is 31.7 Å². The number of benzene rings is 2. The first-order valence-corrected chi connectivity index (χ1v) is 10.3. The Bertz CT molecular complexity index is 1020. The van der Waals surface area contributed by atoms with Gasteiger partial charge in [0.15, 0.2) is 11.5 Å². The van der Waals surface area contributed by atoms with Crippen molar-refractivity contribution < 1.29 is 14.7 Å². The molecule has 2 aliphatic rings. The molecule has 1 fully saturated rings. The second kappa shape index (κ2) is 7.52. The fourth-order valence-corrected chi connectivity index (χ4v) is 4.14. The van der Waals surface area contributed by atoms with Crippen LogP contribution in [0.25, 0.3) is 0 Å². The van der Waals surface area contributed by atoms with E-state index in [1.54, 1.807) is 32.3 Å². The van der Waals surface area contributed by atoms with Crippen LogP contribution in [-0.4, -0.2) is 35.8 Å². The maximum absolute atomic E-state index is 12.6. The van der Waals surface area contributed by atoms with Gasteiger partial charge in [0.25, 0.3) is 5.91 Å². The van der Waals surface area contributed by atoms with Gasteiger partial charge in [0, 0.05) is 19.8 Å². The number of hydrogen-bond donors (Lipinski definition) is 3. The monoisotopic (exact) mass is 405 g/mol. The first-order valence-electron chi connectivity index (χ1n) is 10.3. The van der Waals surface area contributed by atoms with E-state index in [1.165, 1.54) is 10.5 Å². The van der Waals surface area contributed by atoms with Crippen LogP contribution in [0, 0.1) is 5.92 Å². The molecular weight excluding hydrogens is 378 g/mol. The van der Waals surface area contributed by atoms with Gasteiger partial charge in [-0.15, -0.1) is 0 Å². The Morgan fingerprint density at radius 3 is 2.40 bits per heavy atom. The summed E-state index contributed by atoms with van der Waals surface area (Å²) in [5, 5.41) is 17.3. The fourth-order valence-electron chi connectivity index (χ4n) is 4.14. The van der Waals surface area contributed by atoms with Gasteiger partial charge in [0.2, 0.25) is 0 Å². The van der Waals surface area contributed by atoms with Crippen molar-refractivity contribution in [3.05, 3.63) is 71.1 Å². The smallest absolute Gasteiger partial charge is 0.257 e. The van der Waals surface area contributed by atoms with Crippen molar-refractivity contribution in [1.29, 1.82) is 0 Å². The summed E-state index contributed by atoms with van der Waals surface area (Å²) in [6, 6.07) is 15.2. The number of para-hydroxylation sites is 1. The molecule has 3 N–H and O–H groups in total. The molecule has 0 heterocycles. The molecule has 2 aliphatic carbocycles. The molecule has 4 rings (SSSR count). The number of carbonyl (C=O) groups is 2. The van der Waals surface area contributed by atoms with Gasteiger partial charge in [-0.2, -0.15) is 0 Å². The lowest BCUT2D eigenvalue weighted by Gasteiger charge is -2.47. The van der Waals surface area contributed by atoms with Gasteiger partial charge >= 0.3 is 0 Å². The van der Waals surface area contributed by atoms with Gasteiger partial charge in [0.1, 0.15) is 5.70 Å². The highest BCUT2D eigenvalue weighted by molar-refractivity contribution is 6.09. The van der Waals surface area contributed by atoms with Crippen LogP contribution < -0.4 is 10.6 Å². The molecule has 0 spiro atoms. The Morgan fingerprint density at radius 1 is 1.10 bits per heavy atom. The van der Waals surface area contributed by atoms with E-state index in [2.05, 4.69) is 22.8 Å². The Kier molecular flexibility index (Phi) is 5.02. The predicted octanol–water partition coefficient (Wildman–Crippen LogP) is 3.61.